The van der Waals surface area contributed by atoms with E-state index in [1.807, 2.05) is 16.8 Å². The lowest BCUT2D eigenvalue weighted by Crippen LogP contribution is -2.01. The largest absolute Gasteiger partial charge is 0.478 e. The van der Waals surface area contributed by atoms with Crippen LogP contribution in [0.3, 0.4) is 0 Å². The summed E-state index contributed by atoms with van der Waals surface area (Å²) in [6, 6.07) is 11.3. The number of carboxylic acids is 1. The van der Waals surface area contributed by atoms with Crippen molar-refractivity contribution in [2.75, 3.05) is 0 Å². The average molecular weight is 304 g/mol. The highest BCUT2D eigenvalue weighted by molar-refractivity contribution is 6.30. The third-order valence-electron chi connectivity index (χ3n) is 3.37. The molecule has 0 saturated heterocycles. The van der Waals surface area contributed by atoms with Crippen LogP contribution in [0.5, 0.6) is 0 Å². The molecule has 2 aromatic carbocycles. The number of benzene rings is 2. The van der Waals surface area contributed by atoms with E-state index in [2.05, 4.69) is 0 Å². The van der Waals surface area contributed by atoms with Crippen LogP contribution in [-0.2, 0) is 6.54 Å². The second-order valence-electron chi connectivity index (χ2n) is 4.76. The van der Waals surface area contributed by atoms with Crippen LogP contribution < -0.4 is 0 Å². The molecule has 1 N–H and O–H groups in total. The number of rotatable bonds is 3. The number of nitrogens with zero attached hydrogens (tertiary/aromatic N) is 1. The highest BCUT2D eigenvalue weighted by Gasteiger charge is 2.09. The minimum atomic E-state index is -0.964. The van der Waals surface area contributed by atoms with E-state index in [0.717, 1.165) is 10.9 Å². The number of aromatic nitrogens is 1. The van der Waals surface area contributed by atoms with Crippen molar-refractivity contribution in [3.8, 4) is 0 Å². The second-order valence-corrected chi connectivity index (χ2v) is 5.19. The van der Waals surface area contributed by atoms with E-state index in [4.69, 9.17) is 16.7 Å². The highest BCUT2D eigenvalue weighted by atomic mass is 35.5. The van der Waals surface area contributed by atoms with Crippen molar-refractivity contribution < 1.29 is 14.3 Å². The summed E-state index contributed by atoms with van der Waals surface area (Å²) in [7, 11) is 0. The minimum absolute atomic E-state index is 0.234. The van der Waals surface area contributed by atoms with Gasteiger partial charge in [0.2, 0.25) is 0 Å². The molecule has 0 radical (unpaired) electrons. The van der Waals surface area contributed by atoms with Gasteiger partial charge in [0.15, 0.2) is 0 Å². The molecule has 1 heterocycles. The van der Waals surface area contributed by atoms with Crippen molar-refractivity contribution in [1.29, 1.82) is 0 Å². The van der Waals surface area contributed by atoms with Crippen LogP contribution in [0.1, 0.15) is 15.9 Å². The van der Waals surface area contributed by atoms with E-state index in [1.165, 1.54) is 6.07 Å². The summed E-state index contributed by atoms with van der Waals surface area (Å²) in [6.45, 7) is 0.360. The van der Waals surface area contributed by atoms with Gasteiger partial charge in [-0.15, -0.1) is 0 Å². The monoisotopic (exact) mass is 303 g/mol. The topological polar surface area (TPSA) is 42.2 Å². The van der Waals surface area contributed by atoms with Crippen LogP contribution in [0.4, 0.5) is 4.39 Å². The molecule has 3 aromatic rings. The van der Waals surface area contributed by atoms with Crippen LogP contribution in [-0.4, -0.2) is 15.6 Å². The molecule has 0 atom stereocenters. The predicted octanol–water partition coefficient (Wildman–Crippen LogP) is 4.18. The molecule has 3 nitrogen and oxygen atoms in total. The Morgan fingerprint density at radius 1 is 1.19 bits per heavy atom. The highest BCUT2D eigenvalue weighted by Crippen LogP contribution is 2.21. The maximum absolute atomic E-state index is 13.8. The zero-order valence-electron chi connectivity index (χ0n) is 10.9. The first-order chi connectivity index (χ1) is 10.0. The Hall–Kier alpha value is -2.33. The molecule has 0 aliphatic carbocycles. The molecule has 106 valence electrons. The van der Waals surface area contributed by atoms with Crippen molar-refractivity contribution in [3.63, 3.8) is 0 Å². The van der Waals surface area contributed by atoms with Gasteiger partial charge in [0.05, 0.1) is 12.1 Å². The molecule has 0 bridgehead atoms. The van der Waals surface area contributed by atoms with Gasteiger partial charge in [-0.25, -0.2) is 9.18 Å². The average Bonchev–Trinajstić information content (AvgIpc) is 2.84. The Labute approximate surface area is 125 Å². The second kappa shape index (κ2) is 5.22. The summed E-state index contributed by atoms with van der Waals surface area (Å²) in [5.41, 5.74) is 1.62. The molecule has 0 saturated carbocycles. The number of carboxylic acid groups (broad SMARTS) is 1. The van der Waals surface area contributed by atoms with E-state index >= 15 is 0 Å². The molecule has 0 amide bonds. The molecule has 3 rings (SSSR count). The first-order valence-electron chi connectivity index (χ1n) is 6.31. The molecule has 21 heavy (non-hydrogen) atoms. The quantitative estimate of drug-likeness (QED) is 0.788. The van der Waals surface area contributed by atoms with E-state index in [9.17, 15) is 9.18 Å². The van der Waals surface area contributed by atoms with Crippen molar-refractivity contribution in [3.05, 3.63) is 70.6 Å². The van der Waals surface area contributed by atoms with Crippen LogP contribution in [0, 0.1) is 5.82 Å². The Bertz CT molecular complexity index is 841. The van der Waals surface area contributed by atoms with Crippen molar-refractivity contribution in [2.45, 2.75) is 6.54 Å². The van der Waals surface area contributed by atoms with Gasteiger partial charge < -0.3 is 9.67 Å². The molecular formula is C16H11ClFNO2. The summed E-state index contributed by atoms with van der Waals surface area (Å²) in [5, 5.41) is 10.2. The van der Waals surface area contributed by atoms with Gasteiger partial charge in [-0.05, 0) is 36.4 Å². The Kier molecular flexibility index (Phi) is 3.39. The summed E-state index contributed by atoms with van der Waals surface area (Å²) < 4.78 is 15.7. The van der Waals surface area contributed by atoms with Crippen LogP contribution >= 0.6 is 11.6 Å². The third kappa shape index (κ3) is 2.62. The fourth-order valence-electron chi connectivity index (χ4n) is 2.30. The molecule has 5 heteroatoms. The number of halogens is 2. The molecule has 0 unspecified atom stereocenters. The van der Waals surface area contributed by atoms with Gasteiger partial charge in [0.25, 0.3) is 0 Å². The maximum atomic E-state index is 13.8. The van der Waals surface area contributed by atoms with Gasteiger partial charge in [-0.2, -0.15) is 0 Å². The molecule has 0 aliphatic heterocycles. The van der Waals surface area contributed by atoms with Crippen LogP contribution in [0.25, 0.3) is 10.9 Å². The van der Waals surface area contributed by atoms with Crippen molar-refractivity contribution in [2.24, 2.45) is 0 Å². The smallest absolute Gasteiger partial charge is 0.335 e. The van der Waals surface area contributed by atoms with Crippen molar-refractivity contribution in [1.82, 2.24) is 4.57 Å². The normalized spacial score (nSPS) is 11.0. The Morgan fingerprint density at radius 3 is 2.71 bits per heavy atom. The minimum Gasteiger partial charge on any atom is -0.478 e. The number of fused-ring (bicyclic) bond motifs is 1. The molecule has 1 aromatic heterocycles. The van der Waals surface area contributed by atoms with Crippen LogP contribution in [0.2, 0.25) is 5.02 Å². The summed E-state index contributed by atoms with van der Waals surface area (Å²) in [4.78, 5) is 11.0. The molecule has 0 fully saturated rings. The Balaban J connectivity index is 1.99. The Morgan fingerprint density at radius 2 is 2.00 bits per heavy atom. The van der Waals surface area contributed by atoms with E-state index in [-0.39, 0.29) is 11.4 Å². The lowest BCUT2D eigenvalue weighted by Gasteiger charge is -2.07. The van der Waals surface area contributed by atoms with Crippen molar-refractivity contribution >= 4 is 28.5 Å². The summed E-state index contributed by atoms with van der Waals surface area (Å²) in [6.07, 6.45) is 1.81. The van der Waals surface area contributed by atoms with E-state index < -0.39 is 5.97 Å². The first kappa shape index (κ1) is 13.6. The van der Waals surface area contributed by atoms with Gasteiger partial charge in [-0.3, -0.25) is 0 Å². The fraction of sp³-hybridized carbons (Fsp3) is 0.0625. The van der Waals surface area contributed by atoms with E-state index in [0.29, 0.717) is 17.1 Å². The zero-order valence-corrected chi connectivity index (χ0v) is 11.6. The van der Waals surface area contributed by atoms with Gasteiger partial charge in [0, 0.05) is 27.7 Å². The summed E-state index contributed by atoms with van der Waals surface area (Å²) >= 11 is 5.74. The maximum Gasteiger partial charge on any atom is 0.335 e. The standard InChI is InChI=1S/C16H11ClFNO2/c17-13-3-1-12(14(18)8-13)9-19-6-5-10-7-11(16(20)21)2-4-15(10)19/h1-8H,9H2,(H,20,21). The van der Waals surface area contributed by atoms with Crippen LogP contribution in [0.15, 0.2) is 48.7 Å². The number of hydrogen-bond donors (Lipinski definition) is 1. The van der Waals surface area contributed by atoms with Gasteiger partial charge >= 0.3 is 5.97 Å². The lowest BCUT2D eigenvalue weighted by molar-refractivity contribution is 0.0697. The lowest BCUT2D eigenvalue weighted by atomic mass is 10.1. The predicted molar refractivity (Wildman–Crippen MR) is 79.4 cm³/mol. The number of hydrogen-bond acceptors (Lipinski definition) is 1. The molecule has 0 aliphatic rings. The number of carbonyl (C=O) groups is 1. The van der Waals surface area contributed by atoms with Gasteiger partial charge in [0.1, 0.15) is 5.82 Å². The molecular weight excluding hydrogens is 293 g/mol. The SMILES string of the molecule is O=C(O)c1ccc2c(ccn2Cc2ccc(Cl)cc2F)c1. The first-order valence-corrected chi connectivity index (χ1v) is 6.68. The summed E-state index contributed by atoms with van der Waals surface area (Å²) in [5.74, 6) is -1.32. The zero-order chi connectivity index (χ0) is 15.0. The number of aromatic carboxylic acids is 1. The van der Waals surface area contributed by atoms with E-state index in [1.54, 1.807) is 30.3 Å². The van der Waals surface area contributed by atoms with Gasteiger partial charge in [-0.1, -0.05) is 17.7 Å². The fourth-order valence-corrected chi connectivity index (χ4v) is 2.46. The third-order valence-corrected chi connectivity index (χ3v) is 3.61. The molecule has 0 spiro atoms.